The molecule has 4 nitrogen and oxygen atoms in total. The van der Waals surface area contributed by atoms with Gasteiger partial charge in [-0.25, -0.2) is 13.6 Å². The third-order valence-electron chi connectivity index (χ3n) is 5.11. The Morgan fingerprint density at radius 3 is 2.77 bits per heavy atom. The molecule has 1 atom stereocenters. The maximum absolute atomic E-state index is 13.9. The van der Waals surface area contributed by atoms with Gasteiger partial charge in [0.15, 0.2) is 0 Å². The SMILES string of the molecule is CN(Cc1ccc(F)cc1F)C(=O)NC[C@@H](c1cccs1)c1c[nH]c2ccccc12. The van der Waals surface area contributed by atoms with Crippen LogP contribution in [-0.4, -0.2) is 29.5 Å². The molecular formula is C23H21F2N3OS. The highest BCUT2D eigenvalue weighted by Gasteiger charge is 2.21. The van der Waals surface area contributed by atoms with E-state index in [1.165, 1.54) is 17.0 Å². The number of halogens is 2. The van der Waals surface area contributed by atoms with Crippen LogP contribution in [0.3, 0.4) is 0 Å². The quantitative estimate of drug-likeness (QED) is 0.422. The molecule has 2 amide bonds. The summed E-state index contributed by atoms with van der Waals surface area (Å²) < 4.78 is 27.0. The van der Waals surface area contributed by atoms with Crippen LogP contribution in [0.25, 0.3) is 10.9 Å². The second-order valence-electron chi connectivity index (χ2n) is 7.14. The third-order valence-corrected chi connectivity index (χ3v) is 6.10. The second-order valence-corrected chi connectivity index (χ2v) is 8.11. The molecule has 0 spiro atoms. The molecule has 154 valence electrons. The van der Waals surface area contributed by atoms with Gasteiger partial charge in [-0.3, -0.25) is 0 Å². The van der Waals surface area contributed by atoms with Gasteiger partial charge < -0.3 is 15.2 Å². The second kappa shape index (κ2) is 8.67. The van der Waals surface area contributed by atoms with E-state index in [2.05, 4.69) is 22.4 Å². The summed E-state index contributed by atoms with van der Waals surface area (Å²) in [5.41, 5.74) is 2.42. The molecule has 0 aliphatic heterocycles. The number of carbonyl (C=O) groups excluding carboxylic acids is 1. The van der Waals surface area contributed by atoms with Crippen LogP contribution in [0.15, 0.2) is 66.2 Å². The van der Waals surface area contributed by atoms with Crippen LogP contribution < -0.4 is 5.32 Å². The Kier molecular flexibility index (Phi) is 5.81. The normalized spacial score (nSPS) is 12.1. The fourth-order valence-corrected chi connectivity index (χ4v) is 4.38. The van der Waals surface area contributed by atoms with Gasteiger partial charge in [0.05, 0.1) is 0 Å². The number of benzene rings is 2. The maximum Gasteiger partial charge on any atom is 0.317 e. The van der Waals surface area contributed by atoms with Gasteiger partial charge in [-0.05, 0) is 29.1 Å². The van der Waals surface area contributed by atoms with E-state index in [4.69, 9.17) is 0 Å². The van der Waals surface area contributed by atoms with E-state index in [1.807, 2.05) is 35.8 Å². The summed E-state index contributed by atoms with van der Waals surface area (Å²) in [6.45, 7) is 0.451. The van der Waals surface area contributed by atoms with E-state index in [0.717, 1.165) is 27.4 Å². The Hall–Kier alpha value is -3.19. The predicted octanol–water partition coefficient (Wildman–Crippen LogP) is 5.48. The highest BCUT2D eigenvalue weighted by molar-refractivity contribution is 7.10. The first-order chi connectivity index (χ1) is 14.5. The number of hydrogen-bond donors (Lipinski definition) is 2. The van der Waals surface area contributed by atoms with Crippen molar-refractivity contribution in [1.29, 1.82) is 0 Å². The standard InChI is InChI=1S/C23H21F2N3OS/c1-28(14-15-8-9-16(24)11-20(15)25)23(29)27-13-19(22-7-4-10-30-22)18-12-26-21-6-3-2-5-17(18)21/h2-12,19,26H,13-14H2,1H3,(H,27,29)/t19-/m1/s1. The van der Waals surface area contributed by atoms with Crippen molar-refractivity contribution in [3.63, 3.8) is 0 Å². The number of hydrogen-bond acceptors (Lipinski definition) is 2. The molecule has 2 aromatic carbocycles. The van der Waals surface area contributed by atoms with Gasteiger partial charge >= 0.3 is 6.03 Å². The zero-order valence-electron chi connectivity index (χ0n) is 16.4. The highest BCUT2D eigenvalue weighted by atomic mass is 32.1. The summed E-state index contributed by atoms with van der Waals surface area (Å²) in [5, 5.41) is 6.09. The molecule has 2 heterocycles. The van der Waals surface area contributed by atoms with Crippen molar-refractivity contribution in [2.45, 2.75) is 12.5 Å². The van der Waals surface area contributed by atoms with E-state index < -0.39 is 11.6 Å². The number of nitrogens with one attached hydrogen (secondary N) is 2. The van der Waals surface area contributed by atoms with Crippen LogP contribution in [-0.2, 0) is 6.54 Å². The lowest BCUT2D eigenvalue weighted by Gasteiger charge is -2.21. The number of aromatic nitrogens is 1. The molecule has 30 heavy (non-hydrogen) atoms. The molecule has 0 aliphatic rings. The fraction of sp³-hybridized carbons (Fsp3) is 0.174. The summed E-state index contributed by atoms with van der Waals surface area (Å²) in [6, 6.07) is 15.2. The van der Waals surface area contributed by atoms with Crippen molar-refractivity contribution < 1.29 is 13.6 Å². The summed E-state index contributed by atoms with van der Waals surface area (Å²) in [4.78, 5) is 18.5. The summed E-state index contributed by atoms with van der Waals surface area (Å²) >= 11 is 1.64. The van der Waals surface area contributed by atoms with E-state index >= 15 is 0 Å². The lowest BCUT2D eigenvalue weighted by Crippen LogP contribution is -2.39. The van der Waals surface area contributed by atoms with Gasteiger partial charge in [-0.1, -0.05) is 30.3 Å². The van der Waals surface area contributed by atoms with Gasteiger partial charge in [-0.15, -0.1) is 11.3 Å². The first-order valence-corrected chi connectivity index (χ1v) is 10.4. The number of urea groups is 1. The molecule has 2 aromatic heterocycles. The smallest absolute Gasteiger partial charge is 0.317 e. The molecule has 4 rings (SSSR count). The molecule has 0 aliphatic carbocycles. The lowest BCUT2D eigenvalue weighted by molar-refractivity contribution is 0.206. The zero-order valence-corrected chi connectivity index (χ0v) is 17.2. The number of aromatic amines is 1. The number of para-hydroxylation sites is 1. The summed E-state index contributed by atoms with van der Waals surface area (Å²) in [5.74, 6) is -1.31. The minimum absolute atomic E-state index is 0.0129. The first-order valence-electron chi connectivity index (χ1n) is 9.55. The lowest BCUT2D eigenvalue weighted by atomic mass is 9.97. The Morgan fingerprint density at radius 2 is 2.00 bits per heavy atom. The van der Waals surface area contributed by atoms with Gasteiger partial charge in [-0.2, -0.15) is 0 Å². The largest absolute Gasteiger partial charge is 0.361 e. The average Bonchev–Trinajstić information content (AvgIpc) is 3.41. The molecule has 0 radical (unpaired) electrons. The molecule has 0 unspecified atom stereocenters. The number of nitrogens with zero attached hydrogens (tertiary/aromatic N) is 1. The monoisotopic (exact) mass is 425 g/mol. The number of carbonyl (C=O) groups is 1. The molecule has 0 saturated heterocycles. The highest BCUT2D eigenvalue weighted by Crippen LogP contribution is 2.32. The number of rotatable bonds is 6. The maximum atomic E-state index is 13.9. The topological polar surface area (TPSA) is 48.1 Å². The zero-order chi connectivity index (χ0) is 21.1. The Bertz CT molecular complexity index is 1160. The third kappa shape index (κ3) is 4.21. The van der Waals surface area contributed by atoms with Crippen LogP contribution in [0.4, 0.5) is 13.6 Å². The Morgan fingerprint density at radius 1 is 1.17 bits per heavy atom. The van der Waals surface area contributed by atoms with Crippen LogP contribution in [0.2, 0.25) is 0 Å². The molecule has 0 bridgehead atoms. The molecule has 7 heteroatoms. The number of amides is 2. The van der Waals surface area contributed by atoms with Crippen molar-refractivity contribution in [3.05, 3.63) is 93.8 Å². The van der Waals surface area contributed by atoms with Gasteiger partial charge in [0.1, 0.15) is 11.6 Å². The van der Waals surface area contributed by atoms with Gasteiger partial charge in [0.25, 0.3) is 0 Å². The van der Waals surface area contributed by atoms with Crippen molar-refractivity contribution in [2.75, 3.05) is 13.6 Å². The Labute approximate surface area is 177 Å². The van der Waals surface area contributed by atoms with Crippen LogP contribution in [0.1, 0.15) is 21.9 Å². The van der Waals surface area contributed by atoms with E-state index in [9.17, 15) is 13.6 Å². The minimum atomic E-state index is -0.662. The number of H-pyrrole nitrogens is 1. The molecule has 0 saturated carbocycles. The number of fused-ring (bicyclic) bond motifs is 1. The summed E-state index contributed by atoms with van der Waals surface area (Å²) in [6.07, 6.45) is 1.98. The van der Waals surface area contributed by atoms with Crippen molar-refractivity contribution in [3.8, 4) is 0 Å². The minimum Gasteiger partial charge on any atom is -0.361 e. The Balaban J connectivity index is 1.49. The van der Waals surface area contributed by atoms with Crippen molar-refractivity contribution in [1.82, 2.24) is 15.2 Å². The first kappa shape index (κ1) is 20.1. The molecule has 0 fully saturated rings. The van der Waals surface area contributed by atoms with E-state index in [1.54, 1.807) is 18.4 Å². The van der Waals surface area contributed by atoms with Crippen LogP contribution >= 0.6 is 11.3 Å². The molecular weight excluding hydrogens is 404 g/mol. The van der Waals surface area contributed by atoms with E-state index in [0.29, 0.717) is 6.54 Å². The average molecular weight is 426 g/mol. The van der Waals surface area contributed by atoms with Crippen LogP contribution in [0, 0.1) is 11.6 Å². The van der Waals surface area contributed by atoms with Crippen molar-refractivity contribution >= 4 is 28.3 Å². The fourth-order valence-electron chi connectivity index (χ4n) is 3.54. The van der Waals surface area contributed by atoms with E-state index in [-0.39, 0.29) is 24.1 Å². The summed E-state index contributed by atoms with van der Waals surface area (Å²) in [7, 11) is 1.59. The van der Waals surface area contributed by atoms with Crippen molar-refractivity contribution in [2.24, 2.45) is 0 Å². The number of thiophene rings is 1. The molecule has 4 aromatic rings. The van der Waals surface area contributed by atoms with Crippen LogP contribution in [0.5, 0.6) is 0 Å². The molecule has 2 N–H and O–H groups in total. The predicted molar refractivity (Wildman–Crippen MR) is 116 cm³/mol. The van der Waals surface area contributed by atoms with Gasteiger partial charge in [0, 0.05) is 59.7 Å². The van der Waals surface area contributed by atoms with Gasteiger partial charge in [0.2, 0.25) is 0 Å².